The second-order valence-electron chi connectivity index (χ2n) is 4.18. The topological polar surface area (TPSA) is 35.2 Å². The van der Waals surface area contributed by atoms with Crippen molar-refractivity contribution in [2.75, 3.05) is 6.61 Å². The lowest BCUT2D eigenvalue weighted by Crippen LogP contribution is -2.29. The summed E-state index contributed by atoms with van der Waals surface area (Å²) in [7, 11) is 0. The van der Waals surface area contributed by atoms with E-state index in [9.17, 15) is 4.39 Å². The third-order valence-corrected chi connectivity index (χ3v) is 3.05. The Hall–Kier alpha value is -0.930. The fraction of sp³-hybridized carbons (Fsp3) is 0.500. The Bertz CT molecular complexity index is 325. The molecule has 0 saturated carbocycles. The highest BCUT2D eigenvalue weighted by Gasteiger charge is 2.30. The smallest absolute Gasteiger partial charge is 0.123 e. The molecule has 82 valence electrons. The Labute approximate surface area is 89.2 Å². The molecule has 0 aliphatic carbocycles. The van der Waals surface area contributed by atoms with Gasteiger partial charge >= 0.3 is 0 Å². The molecule has 2 rings (SSSR count). The molecule has 0 radical (unpaired) electrons. The van der Waals surface area contributed by atoms with Crippen LogP contribution < -0.4 is 5.73 Å². The monoisotopic (exact) mass is 209 g/mol. The van der Waals surface area contributed by atoms with Gasteiger partial charge in [-0.05, 0) is 30.0 Å². The highest BCUT2D eigenvalue weighted by molar-refractivity contribution is 5.21. The Morgan fingerprint density at radius 1 is 1.40 bits per heavy atom. The normalized spacial score (nSPS) is 27.9. The molecule has 0 amide bonds. The van der Waals surface area contributed by atoms with Crippen LogP contribution in [0.5, 0.6) is 0 Å². The molecule has 1 aliphatic rings. The van der Waals surface area contributed by atoms with Crippen molar-refractivity contribution < 1.29 is 9.13 Å². The average molecular weight is 209 g/mol. The van der Waals surface area contributed by atoms with Crippen molar-refractivity contribution in [1.82, 2.24) is 0 Å². The van der Waals surface area contributed by atoms with E-state index in [4.69, 9.17) is 10.5 Å². The van der Waals surface area contributed by atoms with Gasteiger partial charge in [-0.2, -0.15) is 0 Å². The molecule has 1 saturated heterocycles. The maximum absolute atomic E-state index is 12.7. The Morgan fingerprint density at radius 2 is 2.07 bits per heavy atom. The van der Waals surface area contributed by atoms with Crippen LogP contribution in [-0.4, -0.2) is 12.7 Å². The highest BCUT2D eigenvalue weighted by atomic mass is 19.1. The lowest BCUT2D eigenvalue weighted by Gasteiger charge is -2.22. The summed E-state index contributed by atoms with van der Waals surface area (Å²) in [4.78, 5) is 0. The summed E-state index contributed by atoms with van der Waals surface area (Å²) in [5, 5.41) is 0. The van der Waals surface area contributed by atoms with E-state index in [0.29, 0.717) is 5.92 Å². The summed E-state index contributed by atoms with van der Waals surface area (Å²) in [6, 6.07) is 6.19. The predicted octanol–water partition coefficient (Wildman–Crippen LogP) is 2.25. The van der Waals surface area contributed by atoms with E-state index < -0.39 is 0 Å². The predicted molar refractivity (Wildman–Crippen MR) is 56.8 cm³/mol. The quantitative estimate of drug-likeness (QED) is 0.810. The lowest BCUT2D eigenvalue weighted by molar-refractivity contribution is 0.0725. The summed E-state index contributed by atoms with van der Waals surface area (Å²) in [6.45, 7) is 2.92. The molecule has 1 fully saturated rings. The SMILES string of the molecule is CC1CCOC1C(N)c1ccc(F)cc1. The van der Waals surface area contributed by atoms with E-state index in [1.54, 1.807) is 12.1 Å². The number of halogens is 1. The van der Waals surface area contributed by atoms with Crippen LogP contribution in [0.3, 0.4) is 0 Å². The van der Waals surface area contributed by atoms with Crippen molar-refractivity contribution in [3.8, 4) is 0 Å². The van der Waals surface area contributed by atoms with Crippen LogP contribution >= 0.6 is 0 Å². The molecule has 3 atom stereocenters. The molecule has 0 spiro atoms. The number of ether oxygens (including phenoxy) is 1. The lowest BCUT2D eigenvalue weighted by atomic mass is 9.93. The van der Waals surface area contributed by atoms with Gasteiger partial charge < -0.3 is 10.5 Å². The zero-order valence-electron chi connectivity index (χ0n) is 8.82. The van der Waals surface area contributed by atoms with Crippen molar-refractivity contribution >= 4 is 0 Å². The van der Waals surface area contributed by atoms with E-state index in [-0.39, 0.29) is 18.0 Å². The summed E-state index contributed by atoms with van der Waals surface area (Å²) in [5.74, 6) is 0.247. The van der Waals surface area contributed by atoms with Crippen LogP contribution in [0.2, 0.25) is 0 Å². The molecule has 1 aromatic rings. The van der Waals surface area contributed by atoms with Gasteiger partial charge in [0.25, 0.3) is 0 Å². The third-order valence-electron chi connectivity index (χ3n) is 3.05. The van der Waals surface area contributed by atoms with Crippen molar-refractivity contribution in [1.29, 1.82) is 0 Å². The van der Waals surface area contributed by atoms with Gasteiger partial charge in [-0.25, -0.2) is 4.39 Å². The van der Waals surface area contributed by atoms with Gasteiger partial charge in [-0.3, -0.25) is 0 Å². The van der Waals surface area contributed by atoms with Crippen molar-refractivity contribution in [2.24, 2.45) is 11.7 Å². The molecule has 2 nitrogen and oxygen atoms in total. The van der Waals surface area contributed by atoms with Gasteiger partial charge in [0.2, 0.25) is 0 Å². The van der Waals surface area contributed by atoms with E-state index >= 15 is 0 Å². The fourth-order valence-electron chi connectivity index (χ4n) is 2.05. The first-order valence-corrected chi connectivity index (χ1v) is 5.31. The van der Waals surface area contributed by atoms with Gasteiger partial charge in [0.1, 0.15) is 5.82 Å². The minimum Gasteiger partial charge on any atom is -0.376 e. The van der Waals surface area contributed by atoms with Gasteiger partial charge in [-0.15, -0.1) is 0 Å². The van der Waals surface area contributed by atoms with Crippen molar-refractivity contribution in [2.45, 2.75) is 25.5 Å². The zero-order valence-corrected chi connectivity index (χ0v) is 8.82. The largest absolute Gasteiger partial charge is 0.376 e. The average Bonchev–Trinajstić information content (AvgIpc) is 2.65. The minimum atomic E-state index is -0.230. The Balaban J connectivity index is 2.13. The summed E-state index contributed by atoms with van der Waals surface area (Å²) < 4.78 is 18.3. The second kappa shape index (κ2) is 4.29. The van der Waals surface area contributed by atoms with Crippen molar-refractivity contribution in [3.63, 3.8) is 0 Å². The number of hydrogen-bond acceptors (Lipinski definition) is 2. The van der Waals surface area contributed by atoms with Gasteiger partial charge in [0.05, 0.1) is 12.1 Å². The van der Waals surface area contributed by atoms with E-state index in [2.05, 4.69) is 6.92 Å². The molecule has 1 aromatic carbocycles. The molecule has 1 heterocycles. The van der Waals surface area contributed by atoms with Crippen LogP contribution in [0.4, 0.5) is 4.39 Å². The Kier molecular flexibility index (Phi) is 3.03. The van der Waals surface area contributed by atoms with Crippen molar-refractivity contribution in [3.05, 3.63) is 35.6 Å². The molecule has 3 unspecified atom stereocenters. The molecule has 0 bridgehead atoms. The van der Waals surface area contributed by atoms with Crippen LogP contribution in [0.25, 0.3) is 0 Å². The molecule has 15 heavy (non-hydrogen) atoms. The number of hydrogen-bond donors (Lipinski definition) is 1. The van der Waals surface area contributed by atoms with E-state index in [1.165, 1.54) is 12.1 Å². The van der Waals surface area contributed by atoms with Gasteiger partial charge in [0.15, 0.2) is 0 Å². The zero-order chi connectivity index (χ0) is 10.8. The van der Waals surface area contributed by atoms with Crippen LogP contribution in [0.1, 0.15) is 24.9 Å². The maximum atomic E-state index is 12.7. The molecular weight excluding hydrogens is 193 g/mol. The van der Waals surface area contributed by atoms with E-state index in [1.807, 2.05) is 0 Å². The molecule has 1 aliphatic heterocycles. The Morgan fingerprint density at radius 3 is 2.60 bits per heavy atom. The molecule has 0 aromatic heterocycles. The minimum absolute atomic E-state index is 0.0652. The number of nitrogens with two attached hydrogens (primary N) is 1. The molecular formula is C12H16FNO. The fourth-order valence-corrected chi connectivity index (χ4v) is 2.05. The summed E-state index contributed by atoms with van der Waals surface area (Å²) >= 11 is 0. The molecule has 2 N–H and O–H groups in total. The van der Waals surface area contributed by atoms with Gasteiger partial charge in [-0.1, -0.05) is 19.1 Å². The van der Waals surface area contributed by atoms with Crippen LogP contribution in [0, 0.1) is 11.7 Å². The highest BCUT2D eigenvalue weighted by Crippen LogP contribution is 2.29. The van der Waals surface area contributed by atoms with Crippen LogP contribution in [0.15, 0.2) is 24.3 Å². The van der Waals surface area contributed by atoms with E-state index in [0.717, 1.165) is 18.6 Å². The van der Waals surface area contributed by atoms with Crippen LogP contribution in [-0.2, 0) is 4.74 Å². The van der Waals surface area contributed by atoms with Gasteiger partial charge in [0, 0.05) is 6.61 Å². The molecule has 3 heteroatoms. The second-order valence-corrected chi connectivity index (χ2v) is 4.18. The number of benzene rings is 1. The first-order chi connectivity index (χ1) is 7.18. The number of rotatable bonds is 2. The summed E-state index contributed by atoms with van der Waals surface area (Å²) in [6.07, 6.45) is 1.12. The standard InChI is InChI=1S/C12H16FNO/c1-8-6-7-15-12(8)11(14)9-2-4-10(13)5-3-9/h2-5,8,11-12H,6-7,14H2,1H3. The third kappa shape index (κ3) is 2.19. The maximum Gasteiger partial charge on any atom is 0.123 e. The summed E-state index contributed by atoms with van der Waals surface area (Å²) in [5.41, 5.74) is 7.03. The first-order valence-electron chi connectivity index (χ1n) is 5.31. The first kappa shape index (κ1) is 10.6.